The topological polar surface area (TPSA) is 44.7 Å². The molecule has 0 aliphatic rings. The molecular weight excluding hydrogens is 343 g/mol. The van der Waals surface area contributed by atoms with Gasteiger partial charge in [-0.3, -0.25) is 4.79 Å². The van der Waals surface area contributed by atoms with Crippen LogP contribution in [-0.2, 0) is 6.18 Å². The first kappa shape index (κ1) is 19.5. The normalized spacial score (nSPS) is 11.6. The fraction of sp³-hybridized carbons (Fsp3) is 0.263. The number of benzene rings is 2. The fourth-order valence-corrected chi connectivity index (χ4v) is 2.40. The van der Waals surface area contributed by atoms with Crippen molar-refractivity contribution in [3.8, 4) is 0 Å². The first-order valence-corrected chi connectivity index (χ1v) is 8.20. The maximum atomic E-state index is 12.5. The van der Waals surface area contributed by atoms with Crippen LogP contribution in [0.25, 0.3) is 0 Å². The standard InChI is InChI=1S/C19H20F3N3O/c1-3-25(4-2)17-11-7-15(8-12-17)18(26)24-23-13-14-5-9-16(10-6-14)19(20,21)22/h5-13H,3-4H2,1-2H3,(H,24,26)/b23-13+. The maximum absolute atomic E-state index is 12.5. The van der Waals surface area contributed by atoms with Crippen LogP contribution in [0, 0.1) is 0 Å². The van der Waals surface area contributed by atoms with Gasteiger partial charge >= 0.3 is 6.18 Å². The lowest BCUT2D eigenvalue weighted by Crippen LogP contribution is -2.22. The summed E-state index contributed by atoms with van der Waals surface area (Å²) in [6, 6.07) is 11.6. The Hall–Kier alpha value is -2.83. The van der Waals surface area contributed by atoms with Gasteiger partial charge in [0.05, 0.1) is 11.8 Å². The van der Waals surface area contributed by atoms with Gasteiger partial charge in [-0.1, -0.05) is 12.1 Å². The molecule has 1 N–H and O–H groups in total. The van der Waals surface area contributed by atoms with Crippen molar-refractivity contribution in [3.05, 3.63) is 65.2 Å². The smallest absolute Gasteiger partial charge is 0.372 e. The summed E-state index contributed by atoms with van der Waals surface area (Å²) in [5.74, 6) is -0.390. The molecule has 0 aliphatic carbocycles. The molecule has 0 atom stereocenters. The Morgan fingerprint density at radius 3 is 2.12 bits per heavy atom. The van der Waals surface area contributed by atoms with Crippen molar-refractivity contribution in [2.45, 2.75) is 20.0 Å². The molecule has 0 saturated carbocycles. The largest absolute Gasteiger partial charge is 0.416 e. The molecule has 0 fully saturated rings. The molecule has 0 unspecified atom stereocenters. The Bertz CT molecular complexity index is 749. The first-order valence-electron chi connectivity index (χ1n) is 8.20. The molecule has 0 radical (unpaired) electrons. The Morgan fingerprint density at radius 2 is 1.62 bits per heavy atom. The van der Waals surface area contributed by atoms with E-state index in [1.54, 1.807) is 12.1 Å². The van der Waals surface area contributed by atoms with Crippen molar-refractivity contribution in [1.29, 1.82) is 0 Å². The average Bonchev–Trinajstić information content (AvgIpc) is 2.63. The van der Waals surface area contributed by atoms with E-state index in [1.165, 1.54) is 18.3 Å². The summed E-state index contributed by atoms with van der Waals surface area (Å²) in [7, 11) is 0. The van der Waals surface area contributed by atoms with Gasteiger partial charge in [0.1, 0.15) is 0 Å². The van der Waals surface area contributed by atoms with E-state index in [-0.39, 0.29) is 5.91 Å². The van der Waals surface area contributed by atoms with Crippen molar-refractivity contribution in [3.63, 3.8) is 0 Å². The zero-order valence-corrected chi connectivity index (χ0v) is 14.5. The van der Waals surface area contributed by atoms with Crippen LogP contribution >= 0.6 is 0 Å². The minimum Gasteiger partial charge on any atom is -0.372 e. The highest BCUT2D eigenvalue weighted by atomic mass is 19.4. The van der Waals surface area contributed by atoms with E-state index in [2.05, 4.69) is 29.3 Å². The third-order valence-corrected chi connectivity index (χ3v) is 3.88. The zero-order chi connectivity index (χ0) is 19.2. The van der Waals surface area contributed by atoms with Gasteiger partial charge in [-0.05, 0) is 55.8 Å². The fourth-order valence-electron chi connectivity index (χ4n) is 2.40. The van der Waals surface area contributed by atoms with Gasteiger partial charge in [0.2, 0.25) is 0 Å². The average molecular weight is 363 g/mol. The summed E-state index contributed by atoms with van der Waals surface area (Å²) < 4.78 is 37.5. The van der Waals surface area contributed by atoms with Gasteiger partial charge in [0.15, 0.2) is 0 Å². The summed E-state index contributed by atoms with van der Waals surface area (Å²) in [6.45, 7) is 5.86. The highest BCUT2D eigenvalue weighted by Crippen LogP contribution is 2.28. The van der Waals surface area contributed by atoms with Gasteiger partial charge in [0.25, 0.3) is 5.91 Å². The molecule has 0 aromatic heterocycles. The van der Waals surface area contributed by atoms with E-state index in [0.717, 1.165) is 30.9 Å². The number of hydrogen-bond donors (Lipinski definition) is 1. The minimum atomic E-state index is -4.37. The van der Waals surface area contributed by atoms with E-state index in [0.29, 0.717) is 11.1 Å². The predicted molar refractivity (Wildman–Crippen MR) is 96.5 cm³/mol. The van der Waals surface area contributed by atoms with Gasteiger partial charge in [0, 0.05) is 24.3 Å². The van der Waals surface area contributed by atoms with Crippen molar-refractivity contribution in [2.75, 3.05) is 18.0 Å². The van der Waals surface area contributed by atoms with E-state index < -0.39 is 11.7 Å². The number of halogens is 3. The van der Waals surface area contributed by atoms with Crippen LogP contribution in [0.4, 0.5) is 18.9 Å². The molecule has 138 valence electrons. The number of anilines is 1. The van der Waals surface area contributed by atoms with Crippen LogP contribution in [0.15, 0.2) is 53.6 Å². The second-order valence-electron chi connectivity index (χ2n) is 5.54. The van der Waals surface area contributed by atoms with Crippen LogP contribution in [-0.4, -0.2) is 25.2 Å². The van der Waals surface area contributed by atoms with Crippen molar-refractivity contribution < 1.29 is 18.0 Å². The lowest BCUT2D eigenvalue weighted by Gasteiger charge is -2.20. The van der Waals surface area contributed by atoms with Gasteiger partial charge in [-0.2, -0.15) is 18.3 Å². The molecule has 2 aromatic carbocycles. The van der Waals surface area contributed by atoms with Crippen LogP contribution in [0.3, 0.4) is 0 Å². The number of hydrazone groups is 1. The lowest BCUT2D eigenvalue weighted by atomic mass is 10.1. The minimum absolute atomic E-state index is 0.390. The highest BCUT2D eigenvalue weighted by Gasteiger charge is 2.29. The molecule has 0 spiro atoms. The molecule has 4 nitrogen and oxygen atoms in total. The highest BCUT2D eigenvalue weighted by molar-refractivity contribution is 5.95. The quantitative estimate of drug-likeness (QED) is 0.614. The SMILES string of the molecule is CCN(CC)c1ccc(C(=O)N/N=C/c2ccc(C(F)(F)F)cc2)cc1. The third kappa shape index (κ3) is 5.08. The molecule has 2 rings (SSSR count). The van der Waals surface area contributed by atoms with Crippen molar-refractivity contribution >= 4 is 17.8 Å². The summed E-state index contributed by atoms with van der Waals surface area (Å²) >= 11 is 0. The monoisotopic (exact) mass is 363 g/mol. The number of carbonyl (C=O) groups excluding carboxylic acids is 1. The van der Waals surface area contributed by atoms with E-state index in [4.69, 9.17) is 0 Å². The molecule has 0 aliphatic heterocycles. The van der Waals surface area contributed by atoms with Gasteiger partial charge < -0.3 is 4.90 Å². The van der Waals surface area contributed by atoms with Crippen molar-refractivity contribution in [2.24, 2.45) is 5.10 Å². The van der Waals surface area contributed by atoms with E-state index in [9.17, 15) is 18.0 Å². The number of nitrogens with zero attached hydrogens (tertiary/aromatic N) is 2. The van der Waals surface area contributed by atoms with Crippen LogP contribution in [0.5, 0.6) is 0 Å². The number of amides is 1. The Labute approximate surface area is 150 Å². The lowest BCUT2D eigenvalue weighted by molar-refractivity contribution is -0.137. The molecule has 26 heavy (non-hydrogen) atoms. The summed E-state index contributed by atoms with van der Waals surface area (Å²) in [6.07, 6.45) is -3.08. The maximum Gasteiger partial charge on any atom is 0.416 e. The van der Waals surface area contributed by atoms with E-state index >= 15 is 0 Å². The Morgan fingerprint density at radius 1 is 1.04 bits per heavy atom. The number of nitrogens with one attached hydrogen (secondary N) is 1. The number of alkyl halides is 3. The Kier molecular flexibility index (Phi) is 6.38. The van der Waals surface area contributed by atoms with Crippen LogP contribution in [0.2, 0.25) is 0 Å². The number of carbonyl (C=O) groups is 1. The number of hydrogen-bond acceptors (Lipinski definition) is 3. The van der Waals surface area contributed by atoms with Crippen LogP contribution in [0.1, 0.15) is 35.3 Å². The van der Waals surface area contributed by atoms with Gasteiger partial charge in [-0.15, -0.1) is 0 Å². The Balaban J connectivity index is 1.96. The molecule has 0 bridgehead atoms. The van der Waals surface area contributed by atoms with E-state index in [1.807, 2.05) is 12.1 Å². The number of rotatable bonds is 6. The summed E-state index contributed by atoms with van der Waals surface area (Å²) in [5.41, 5.74) is 3.56. The first-order chi connectivity index (χ1) is 12.3. The summed E-state index contributed by atoms with van der Waals surface area (Å²) in [4.78, 5) is 14.2. The summed E-state index contributed by atoms with van der Waals surface area (Å²) in [5, 5.41) is 3.78. The molecule has 0 heterocycles. The predicted octanol–water partition coefficient (Wildman–Crippen LogP) is 4.32. The van der Waals surface area contributed by atoms with Crippen LogP contribution < -0.4 is 10.3 Å². The molecule has 2 aromatic rings. The molecule has 1 amide bonds. The molecular formula is C19H20F3N3O. The second-order valence-corrected chi connectivity index (χ2v) is 5.54. The second kappa shape index (κ2) is 8.51. The third-order valence-electron chi connectivity index (χ3n) is 3.88. The van der Waals surface area contributed by atoms with Crippen molar-refractivity contribution in [1.82, 2.24) is 5.43 Å². The molecule has 7 heteroatoms. The molecule has 0 saturated heterocycles. The zero-order valence-electron chi connectivity index (χ0n) is 14.5. The van der Waals surface area contributed by atoms with Gasteiger partial charge in [-0.25, -0.2) is 5.43 Å².